The summed E-state index contributed by atoms with van der Waals surface area (Å²) in [4.78, 5) is 10.1. The third-order valence-corrected chi connectivity index (χ3v) is 8.76. The predicted molar refractivity (Wildman–Crippen MR) is 135 cm³/mol. The third-order valence-electron chi connectivity index (χ3n) is 5.99. The molecule has 8 nitrogen and oxygen atoms in total. The lowest BCUT2D eigenvalue weighted by Crippen LogP contribution is -2.44. The van der Waals surface area contributed by atoms with E-state index in [2.05, 4.69) is 6.92 Å². The van der Waals surface area contributed by atoms with Crippen molar-refractivity contribution in [2.24, 2.45) is 9.98 Å². The summed E-state index contributed by atoms with van der Waals surface area (Å²) in [5.74, 6) is 2.41. The van der Waals surface area contributed by atoms with Gasteiger partial charge >= 0.3 is 0 Å². The maximum absolute atomic E-state index is 13.5. The van der Waals surface area contributed by atoms with Crippen LogP contribution in [0.2, 0.25) is 0 Å². The highest BCUT2D eigenvalue weighted by Crippen LogP contribution is 2.38. The molecule has 2 aromatic rings. The number of ether oxygens (including phenoxy) is 3. The van der Waals surface area contributed by atoms with Crippen molar-refractivity contribution in [1.29, 1.82) is 0 Å². The van der Waals surface area contributed by atoms with Gasteiger partial charge in [-0.1, -0.05) is 6.92 Å². The zero-order valence-electron chi connectivity index (χ0n) is 19.8. The van der Waals surface area contributed by atoms with Gasteiger partial charge in [-0.05, 0) is 42.2 Å². The van der Waals surface area contributed by atoms with Crippen LogP contribution in [0.1, 0.15) is 25.3 Å². The van der Waals surface area contributed by atoms with Gasteiger partial charge in [0.05, 0.1) is 27.0 Å². The van der Waals surface area contributed by atoms with Crippen molar-refractivity contribution >= 4 is 32.5 Å². The zero-order chi connectivity index (χ0) is 24.3. The van der Waals surface area contributed by atoms with Gasteiger partial charge in [-0.15, -0.1) is 11.8 Å². The maximum Gasteiger partial charge on any atom is 0.246 e. The quantitative estimate of drug-likeness (QED) is 0.570. The highest BCUT2D eigenvalue weighted by molar-refractivity contribution is 8.15. The first kappa shape index (κ1) is 24.6. The van der Waals surface area contributed by atoms with E-state index >= 15 is 0 Å². The number of benzene rings is 2. The Balaban J connectivity index is 1.59. The smallest absolute Gasteiger partial charge is 0.246 e. The molecule has 0 bridgehead atoms. The average molecular weight is 504 g/mol. The van der Waals surface area contributed by atoms with E-state index in [0.29, 0.717) is 37.4 Å². The predicted octanol–water partition coefficient (Wildman–Crippen LogP) is 3.85. The minimum absolute atomic E-state index is 0.102. The lowest BCUT2D eigenvalue weighted by atomic mass is 10.00. The number of thioether (sulfide) groups is 1. The van der Waals surface area contributed by atoms with Crippen molar-refractivity contribution in [3.63, 3.8) is 0 Å². The molecule has 0 saturated carbocycles. The number of sulfonamides is 1. The van der Waals surface area contributed by atoms with Crippen LogP contribution in [0.25, 0.3) is 0 Å². The highest BCUT2D eigenvalue weighted by Gasteiger charge is 2.43. The van der Waals surface area contributed by atoms with Gasteiger partial charge in [0.2, 0.25) is 10.0 Å². The van der Waals surface area contributed by atoms with Gasteiger partial charge in [-0.2, -0.15) is 4.31 Å². The Morgan fingerprint density at radius 2 is 1.59 bits per heavy atom. The highest BCUT2D eigenvalue weighted by atomic mass is 32.2. The third kappa shape index (κ3) is 4.67. The maximum atomic E-state index is 13.5. The van der Waals surface area contributed by atoms with Crippen LogP contribution >= 0.6 is 11.8 Å². The van der Waals surface area contributed by atoms with Crippen LogP contribution in [0.5, 0.6) is 17.2 Å². The molecule has 182 valence electrons. The first-order valence-corrected chi connectivity index (χ1v) is 13.5. The summed E-state index contributed by atoms with van der Waals surface area (Å²) in [6.07, 6.45) is 1.01. The summed E-state index contributed by atoms with van der Waals surface area (Å²) in [5.41, 5.74) is 1.20. The first-order valence-electron chi connectivity index (χ1n) is 11.1. The van der Waals surface area contributed by atoms with Gasteiger partial charge in [0, 0.05) is 37.6 Å². The number of aliphatic imine (C=N–C) groups is 2. The standard InChI is InChI=1S/C24H29N3O5S2/c1-5-33-23-22(17-6-8-18(30-2)9-7-17)25-24(26-23)12-14-27(15-13-24)34(28,29)21-16-19(31-3)10-11-20(21)32-4/h6-11,16H,5,12-15H2,1-4H3. The Labute approximate surface area is 205 Å². The molecule has 0 aromatic heterocycles. The topological polar surface area (TPSA) is 89.8 Å². The average Bonchev–Trinajstić information content (AvgIpc) is 3.21. The van der Waals surface area contributed by atoms with Crippen LogP contribution in [0.4, 0.5) is 0 Å². The molecular formula is C24H29N3O5S2. The first-order chi connectivity index (χ1) is 16.4. The van der Waals surface area contributed by atoms with Gasteiger partial charge in [0.25, 0.3) is 0 Å². The van der Waals surface area contributed by atoms with Crippen molar-refractivity contribution in [2.45, 2.75) is 30.3 Å². The van der Waals surface area contributed by atoms with Gasteiger partial charge in [0.15, 0.2) is 5.66 Å². The minimum Gasteiger partial charge on any atom is -0.497 e. The van der Waals surface area contributed by atoms with E-state index in [-0.39, 0.29) is 4.90 Å². The molecular weight excluding hydrogens is 474 g/mol. The fraction of sp³-hybridized carbons (Fsp3) is 0.417. The van der Waals surface area contributed by atoms with Crippen molar-refractivity contribution in [3.05, 3.63) is 48.0 Å². The lowest BCUT2D eigenvalue weighted by Gasteiger charge is -2.34. The van der Waals surface area contributed by atoms with E-state index in [1.165, 1.54) is 24.6 Å². The van der Waals surface area contributed by atoms with Crippen molar-refractivity contribution in [3.8, 4) is 17.2 Å². The second kappa shape index (κ2) is 9.97. The SMILES string of the molecule is CCSC1=NC2(CCN(S(=O)(=O)c3cc(OC)ccc3OC)CC2)N=C1c1ccc(OC)cc1. The summed E-state index contributed by atoms with van der Waals surface area (Å²) >= 11 is 1.66. The van der Waals surface area contributed by atoms with Gasteiger partial charge in [-0.3, -0.25) is 4.99 Å². The van der Waals surface area contributed by atoms with Crippen LogP contribution in [0.3, 0.4) is 0 Å². The van der Waals surface area contributed by atoms with Gasteiger partial charge in [0.1, 0.15) is 27.2 Å². The molecule has 0 atom stereocenters. The van der Waals surface area contributed by atoms with E-state index < -0.39 is 15.7 Å². The molecule has 2 aliphatic rings. The molecule has 2 heterocycles. The van der Waals surface area contributed by atoms with Crippen LogP contribution < -0.4 is 14.2 Å². The van der Waals surface area contributed by atoms with Crippen LogP contribution in [-0.4, -0.2) is 69.3 Å². The Bertz CT molecular complexity index is 1200. The van der Waals surface area contributed by atoms with Crippen LogP contribution in [0, 0.1) is 0 Å². The molecule has 2 aliphatic heterocycles. The molecule has 4 rings (SSSR count). The molecule has 2 aromatic carbocycles. The van der Waals surface area contributed by atoms with Gasteiger partial charge < -0.3 is 14.2 Å². The lowest BCUT2D eigenvalue weighted by molar-refractivity contribution is 0.248. The molecule has 0 N–H and O–H groups in total. The summed E-state index contributed by atoms with van der Waals surface area (Å²) in [5, 5.41) is 0.901. The van der Waals surface area contributed by atoms with Gasteiger partial charge in [-0.25, -0.2) is 13.4 Å². The Morgan fingerprint density at radius 3 is 2.18 bits per heavy atom. The summed E-state index contributed by atoms with van der Waals surface area (Å²) < 4.78 is 44.2. The second-order valence-electron chi connectivity index (χ2n) is 7.94. The zero-order valence-corrected chi connectivity index (χ0v) is 21.4. The molecule has 1 spiro atoms. The largest absolute Gasteiger partial charge is 0.497 e. The second-order valence-corrected chi connectivity index (χ2v) is 11.1. The van der Waals surface area contributed by atoms with E-state index in [9.17, 15) is 8.42 Å². The van der Waals surface area contributed by atoms with E-state index in [1.54, 1.807) is 31.0 Å². The minimum atomic E-state index is -3.77. The fourth-order valence-electron chi connectivity index (χ4n) is 4.13. The number of hydrogen-bond acceptors (Lipinski definition) is 8. The van der Waals surface area contributed by atoms with E-state index in [0.717, 1.165) is 27.8 Å². The molecule has 1 fully saturated rings. The number of nitrogens with zero attached hydrogens (tertiary/aromatic N) is 3. The fourth-order valence-corrected chi connectivity index (χ4v) is 6.55. The Morgan fingerprint density at radius 1 is 0.941 bits per heavy atom. The number of piperidine rings is 1. The van der Waals surface area contributed by atoms with Crippen LogP contribution in [-0.2, 0) is 10.0 Å². The Hall–Kier alpha value is -2.56. The van der Waals surface area contributed by atoms with Crippen molar-refractivity contribution in [1.82, 2.24) is 4.31 Å². The summed E-state index contributed by atoms with van der Waals surface area (Å²) in [6.45, 7) is 2.71. The summed E-state index contributed by atoms with van der Waals surface area (Å²) in [7, 11) is 0.835. The molecule has 0 amide bonds. The molecule has 1 saturated heterocycles. The Kier molecular flexibility index (Phi) is 7.20. The van der Waals surface area contributed by atoms with E-state index in [1.807, 2.05) is 24.3 Å². The molecule has 0 radical (unpaired) electrons. The molecule has 34 heavy (non-hydrogen) atoms. The molecule has 0 unspecified atom stereocenters. The van der Waals surface area contributed by atoms with Crippen LogP contribution in [0.15, 0.2) is 57.3 Å². The number of rotatable bonds is 7. The van der Waals surface area contributed by atoms with Crippen molar-refractivity contribution < 1.29 is 22.6 Å². The normalized spacial score (nSPS) is 17.9. The van der Waals surface area contributed by atoms with Crippen molar-refractivity contribution in [2.75, 3.05) is 40.2 Å². The number of hydrogen-bond donors (Lipinski definition) is 0. The number of methoxy groups -OCH3 is 3. The molecule has 0 aliphatic carbocycles. The van der Waals surface area contributed by atoms with E-state index in [4.69, 9.17) is 24.2 Å². The summed E-state index contributed by atoms with van der Waals surface area (Å²) in [6, 6.07) is 12.6. The molecule has 10 heteroatoms. The monoisotopic (exact) mass is 503 g/mol.